The molecule has 0 aromatic carbocycles. The number of carboxylic acids is 1. The van der Waals surface area contributed by atoms with Gasteiger partial charge in [-0.25, -0.2) is 0 Å². The van der Waals surface area contributed by atoms with Gasteiger partial charge in [-0.1, -0.05) is 129 Å². The molecule has 0 bridgehead atoms. The summed E-state index contributed by atoms with van der Waals surface area (Å²) in [6.07, 6.45) is 36.2. The second kappa shape index (κ2) is 33.1. The summed E-state index contributed by atoms with van der Waals surface area (Å²) >= 11 is 0. The number of esters is 1. The standard InChI is InChI=1S/C37H69NO5/c1-3-5-7-9-11-12-13-14-15-16-17-18-19-20-22-28-32-37(42)43-34(29-25-21-10-8-6-4-2)30-26-23-24-27-31-35(39)38-33-36(40)41/h15-16,34H,3-14,17-33H2,1-2H3,(H,38,39)(H,40,41)/b16-15-. The van der Waals surface area contributed by atoms with Gasteiger partial charge >= 0.3 is 11.9 Å². The Morgan fingerprint density at radius 2 is 1.00 bits per heavy atom. The van der Waals surface area contributed by atoms with Gasteiger partial charge in [-0.15, -0.1) is 0 Å². The molecule has 0 rings (SSSR count). The predicted octanol–water partition coefficient (Wildman–Crippen LogP) is 10.6. The fourth-order valence-electron chi connectivity index (χ4n) is 5.45. The largest absolute Gasteiger partial charge is 0.480 e. The highest BCUT2D eigenvalue weighted by Gasteiger charge is 2.14. The number of aliphatic carboxylic acids is 1. The second-order valence-corrected chi connectivity index (χ2v) is 12.5. The first-order valence-corrected chi connectivity index (χ1v) is 18.3. The van der Waals surface area contributed by atoms with Gasteiger partial charge in [-0.2, -0.15) is 0 Å². The summed E-state index contributed by atoms with van der Waals surface area (Å²) in [5.41, 5.74) is 0. The minimum Gasteiger partial charge on any atom is -0.480 e. The maximum Gasteiger partial charge on any atom is 0.322 e. The van der Waals surface area contributed by atoms with Crippen LogP contribution >= 0.6 is 0 Å². The topological polar surface area (TPSA) is 92.7 Å². The minimum absolute atomic E-state index is 0.00499. The average Bonchev–Trinajstić information content (AvgIpc) is 2.99. The number of nitrogens with one attached hydrogen (secondary N) is 1. The van der Waals surface area contributed by atoms with E-state index in [-0.39, 0.29) is 24.5 Å². The van der Waals surface area contributed by atoms with E-state index in [2.05, 4.69) is 31.3 Å². The lowest BCUT2D eigenvalue weighted by Crippen LogP contribution is -2.28. The van der Waals surface area contributed by atoms with Gasteiger partial charge in [0.25, 0.3) is 0 Å². The number of ether oxygens (including phenoxy) is 1. The van der Waals surface area contributed by atoms with Crippen molar-refractivity contribution in [3.63, 3.8) is 0 Å². The molecule has 2 N–H and O–H groups in total. The lowest BCUT2D eigenvalue weighted by molar-refractivity contribution is -0.150. The summed E-state index contributed by atoms with van der Waals surface area (Å²) in [5, 5.41) is 11.0. The Morgan fingerprint density at radius 3 is 1.49 bits per heavy atom. The molecule has 43 heavy (non-hydrogen) atoms. The van der Waals surface area contributed by atoms with Crippen molar-refractivity contribution in [2.75, 3.05) is 6.54 Å². The van der Waals surface area contributed by atoms with Gasteiger partial charge in [-0.3, -0.25) is 14.4 Å². The van der Waals surface area contributed by atoms with E-state index < -0.39 is 5.97 Å². The van der Waals surface area contributed by atoms with Gasteiger partial charge in [0.05, 0.1) is 0 Å². The number of amides is 1. The van der Waals surface area contributed by atoms with Crippen molar-refractivity contribution in [3.05, 3.63) is 12.2 Å². The van der Waals surface area contributed by atoms with E-state index in [9.17, 15) is 14.4 Å². The van der Waals surface area contributed by atoms with Crippen molar-refractivity contribution in [1.29, 1.82) is 0 Å². The molecule has 0 aromatic heterocycles. The number of hydrogen-bond donors (Lipinski definition) is 2. The number of unbranched alkanes of at least 4 members (excludes halogenated alkanes) is 20. The molecule has 0 saturated heterocycles. The third-order valence-corrected chi connectivity index (χ3v) is 8.19. The molecule has 0 heterocycles. The third-order valence-electron chi connectivity index (χ3n) is 8.19. The summed E-state index contributed by atoms with van der Waals surface area (Å²) in [6, 6.07) is 0. The average molecular weight is 608 g/mol. The molecule has 1 unspecified atom stereocenters. The Morgan fingerprint density at radius 1 is 0.581 bits per heavy atom. The Labute approximate surface area is 265 Å². The van der Waals surface area contributed by atoms with E-state index in [1.54, 1.807) is 0 Å². The van der Waals surface area contributed by atoms with Crippen molar-refractivity contribution in [1.82, 2.24) is 5.32 Å². The van der Waals surface area contributed by atoms with Crippen molar-refractivity contribution in [2.24, 2.45) is 0 Å². The number of rotatable bonds is 33. The first-order valence-electron chi connectivity index (χ1n) is 18.3. The molecule has 0 spiro atoms. The highest BCUT2D eigenvalue weighted by atomic mass is 16.5. The van der Waals surface area contributed by atoms with Crippen LogP contribution in [0.25, 0.3) is 0 Å². The Balaban J connectivity index is 3.99. The van der Waals surface area contributed by atoms with Gasteiger partial charge in [-0.05, 0) is 64.2 Å². The number of allylic oxidation sites excluding steroid dienone is 2. The summed E-state index contributed by atoms with van der Waals surface area (Å²) in [7, 11) is 0. The van der Waals surface area contributed by atoms with Crippen molar-refractivity contribution in [3.8, 4) is 0 Å². The molecule has 0 aromatic rings. The molecular weight excluding hydrogens is 538 g/mol. The molecule has 6 heteroatoms. The number of hydrogen-bond acceptors (Lipinski definition) is 4. The van der Waals surface area contributed by atoms with Crippen molar-refractivity contribution in [2.45, 2.75) is 200 Å². The normalized spacial score (nSPS) is 12.0. The van der Waals surface area contributed by atoms with E-state index >= 15 is 0 Å². The molecule has 1 atom stereocenters. The Hall–Kier alpha value is -1.85. The van der Waals surface area contributed by atoms with E-state index in [1.807, 2.05) is 0 Å². The SMILES string of the molecule is CCCCCCCCC/C=C\CCCCCCCC(=O)OC(CCCCCCCC)CCCCCCC(=O)NCC(=O)O. The fourth-order valence-corrected chi connectivity index (χ4v) is 5.45. The Kier molecular flexibility index (Phi) is 31.6. The fraction of sp³-hybridized carbons (Fsp3) is 0.865. The van der Waals surface area contributed by atoms with Gasteiger partial charge in [0.15, 0.2) is 0 Å². The minimum atomic E-state index is -1.02. The van der Waals surface area contributed by atoms with Crippen LogP contribution in [-0.4, -0.2) is 35.6 Å². The van der Waals surface area contributed by atoms with Crippen molar-refractivity contribution < 1.29 is 24.2 Å². The molecule has 0 aliphatic heterocycles. The summed E-state index contributed by atoms with van der Waals surface area (Å²) in [5.74, 6) is -1.27. The zero-order valence-electron chi connectivity index (χ0n) is 28.3. The zero-order chi connectivity index (χ0) is 31.6. The smallest absolute Gasteiger partial charge is 0.322 e. The van der Waals surface area contributed by atoms with Crippen LogP contribution in [0.4, 0.5) is 0 Å². The molecule has 0 aliphatic rings. The van der Waals surface area contributed by atoms with E-state index in [0.717, 1.165) is 57.8 Å². The molecule has 252 valence electrons. The maximum absolute atomic E-state index is 12.6. The number of carboxylic acid groups (broad SMARTS) is 1. The third kappa shape index (κ3) is 32.9. The second-order valence-electron chi connectivity index (χ2n) is 12.5. The Bertz CT molecular complexity index is 678. The number of carbonyl (C=O) groups excluding carboxylic acids is 2. The van der Waals surface area contributed by atoms with Crippen molar-refractivity contribution >= 4 is 17.8 Å². The molecular formula is C37H69NO5. The zero-order valence-corrected chi connectivity index (χ0v) is 28.3. The van der Waals surface area contributed by atoms with Crippen LogP contribution in [-0.2, 0) is 19.1 Å². The van der Waals surface area contributed by atoms with Gasteiger partial charge in [0.1, 0.15) is 12.6 Å². The molecule has 0 saturated carbocycles. The summed E-state index contributed by atoms with van der Waals surface area (Å²) in [4.78, 5) is 34.8. The molecule has 6 nitrogen and oxygen atoms in total. The predicted molar refractivity (Wildman–Crippen MR) is 180 cm³/mol. The molecule has 0 fully saturated rings. The highest BCUT2D eigenvalue weighted by Crippen LogP contribution is 2.18. The van der Waals surface area contributed by atoms with E-state index in [1.165, 1.54) is 109 Å². The summed E-state index contributed by atoms with van der Waals surface area (Å²) < 4.78 is 5.93. The molecule has 1 amide bonds. The molecule has 0 radical (unpaired) electrons. The number of carbonyl (C=O) groups is 3. The molecule has 0 aliphatic carbocycles. The lowest BCUT2D eigenvalue weighted by atomic mass is 10.0. The summed E-state index contributed by atoms with van der Waals surface area (Å²) in [6.45, 7) is 4.18. The van der Waals surface area contributed by atoms with Crippen LogP contribution in [0.2, 0.25) is 0 Å². The van der Waals surface area contributed by atoms with E-state index in [0.29, 0.717) is 12.8 Å². The first-order chi connectivity index (χ1) is 21.0. The lowest BCUT2D eigenvalue weighted by Gasteiger charge is -2.18. The van der Waals surface area contributed by atoms with Gasteiger partial charge < -0.3 is 15.2 Å². The highest BCUT2D eigenvalue weighted by molar-refractivity contribution is 5.80. The monoisotopic (exact) mass is 608 g/mol. The van der Waals surface area contributed by atoms with Gasteiger partial charge in [0, 0.05) is 12.8 Å². The van der Waals surface area contributed by atoms with Crippen LogP contribution in [0.1, 0.15) is 194 Å². The quantitative estimate of drug-likeness (QED) is 0.0440. The van der Waals surface area contributed by atoms with Crippen LogP contribution in [0, 0.1) is 0 Å². The van der Waals surface area contributed by atoms with Crippen LogP contribution in [0.3, 0.4) is 0 Å². The van der Waals surface area contributed by atoms with Gasteiger partial charge in [0.2, 0.25) is 5.91 Å². The van der Waals surface area contributed by atoms with Crippen LogP contribution < -0.4 is 5.32 Å². The maximum atomic E-state index is 12.6. The first kappa shape index (κ1) is 41.1. The van der Waals surface area contributed by atoms with E-state index in [4.69, 9.17) is 9.84 Å². The van der Waals surface area contributed by atoms with Crippen LogP contribution in [0.5, 0.6) is 0 Å². The van der Waals surface area contributed by atoms with Crippen LogP contribution in [0.15, 0.2) is 12.2 Å².